The number of phenols is 3. The van der Waals surface area contributed by atoms with Gasteiger partial charge in [-0.05, 0) is 61.3 Å². The molecule has 25 heavy (non-hydrogen) atoms. The maximum atomic E-state index is 9.74. The van der Waals surface area contributed by atoms with Crippen LogP contribution in [0.1, 0.15) is 11.1 Å². The molecule has 0 aromatic heterocycles. The third kappa shape index (κ3) is 5.62. The van der Waals surface area contributed by atoms with Crippen LogP contribution in [0, 0.1) is 0 Å². The minimum Gasteiger partial charge on any atom is -0.504 e. The lowest BCUT2D eigenvalue weighted by Crippen LogP contribution is -2.20. The van der Waals surface area contributed by atoms with Crippen LogP contribution in [0.3, 0.4) is 0 Å². The van der Waals surface area contributed by atoms with E-state index in [1.807, 2.05) is 6.07 Å². The molecule has 0 aliphatic heterocycles. The molecule has 2 aromatic rings. The van der Waals surface area contributed by atoms with Crippen molar-refractivity contribution in [2.45, 2.75) is 12.8 Å². The van der Waals surface area contributed by atoms with Gasteiger partial charge in [-0.2, -0.15) is 0 Å². The Bertz CT molecular complexity index is 693. The monoisotopic (exact) mass is 369 g/mol. The number of phenolic OH excluding ortho intramolecular Hbond substituents is 3. The van der Waals surface area contributed by atoms with Crippen molar-refractivity contribution < 1.29 is 24.8 Å². The fourth-order valence-corrected chi connectivity index (χ4v) is 2.43. The van der Waals surface area contributed by atoms with Gasteiger partial charge in [-0.25, -0.2) is 0 Å². The lowest BCUT2D eigenvalue weighted by atomic mass is 10.1. The predicted octanol–water partition coefficient (Wildman–Crippen LogP) is 2.62. The molecule has 6 nitrogen and oxygen atoms in total. The fourth-order valence-electron chi connectivity index (χ4n) is 2.43. The predicted molar refractivity (Wildman–Crippen MR) is 98.5 cm³/mol. The summed E-state index contributed by atoms with van der Waals surface area (Å²) in [6.07, 6.45) is 1.47. The molecular weight excluding hydrogens is 346 g/mol. The van der Waals surface area contributed by atoms with Crippen LogP contribution >= 0.6 is 12.4 Å². The lowest BCUT2D eigenvalue weighted by Gasteiger charge is -2.10. The second-order valence-electron chi connectivity index (χ2n) is 5.42. The minimum absolute atomic E-state index is 0. The standard InChI is InChI=1S/C18H23NO5.ClH/c1-23-16-4-3-12(9-14(16)20)5-7-19-8-6-13-10-15(21)18(22)17(11-13)24-2;/h3-4,9-11,19-22H,5-8H2,1-2H3;1H. The first kappa shape index (κ1) is 20.7. The van der Waals surface area contributed by atoms with Crippen molar-refractivity contribution in [2.24, 2.45) is 0 Å². The molecule has 7 heteroatoms. The molecule has 0 unspecified atom stereocenters. The number of halogens is 1. The number of hydrogen-bond donors (Lipinski definition) is 4. The summed E-state index contributed by atoms with van der Waals surface area (Å²) in [7, 11) is 2.97. The summed E-state index contributed by atoms with van der Waals surface area (Å²) < 4.78 is 10.0. The Balaban J connectivity index is 0.00000312. The number of rotatable bonds is 8. The third-order valence-electron chi connectivity index (χ3n) is 3.76. The van der Waals surface area contributed by atoms with Crippen LogP contribution in [0.4, 0.5) is 0 Å². The molecule has 0 spiro atoms. The second kappa shape index (κ2) is 9.86. The zero-order valence-corrected chi connectivity index (χ0v) is 15.1. The Labute approximate surface area is 153 Å². The summed E-state index contributed by atoms with van der Waals surface area (Å²) in [5.41, 5.74) is 1.89. The van der Waals surface area contributed by atoms with Crippen LogP contribution in [-0.4, -0.2) is 42.6 Å². The molecule has 0 bridgehead atoms. The van der Waals surface area contributed by atoms with Crippen LogP contribution in [-0.2, 0) is 12.8 Å². The summed E-state index contributed by atoms with van der Waals surface area (Å²) in [5.74, 6) is 0.444. The van der Waals surface area contributed by atoms with Crippen molar-refractivity contribution in [3.8, 4) is 28.7 Å². The van der Waals surface area contributed by atoms with Crippen LogP contribution in [0.5, 0.6) is 28.7 Å². The third-order valence-corrected chi connectivity index (χ3v) is 3.76. The van der Waals surface area contributed by atoms with Gasteiger partial charge in [0.1, 0.15) is 0 Å². The maximum Gasteiger partial charge on any atom is 0.200 e. The summed E-state index contributed by atoms with van der Waals surface area (Å²) >= 11 is 0. The maximum absolute atomic E-state index is 9.74. The number of ether oxygens (including phenoxy) is 2. The smallest absolute Gasteiger partial charge is 0.200 e. The molecule has 0 fully saturated rings. The zero-order valence-electron chi connectivity index (χ0n) is 14.3. The molecule has 4 N–H and O–H groups in total. The van der Waals surface area contributed by atoms with E-state index in [4.69, 9.17) is 9.47 Å². The normalized spacial score (nSPS) is 10.2. The highest BCUT2D eigenvalue weighted by Crippen LogP contribution is 2.36. The first-order valence-corrected chi connectivity index (χ1v) is 7.70. The Kier molecular flexibility index (Phi) is 8.18. The molecule has 0 radical (unpaired) electrons. The average Bonchev–Trinajstić information content (AvgIpc) is 2.57. The average molecular weight is 370 g/mol. The van der Waals surface area contributed by atoms with E-state index in [1.54, 1.807) is 18.2 Å². The summed E-state index contributed by atoms with van der Waals surface area (Å²) in [5, 5.41) is 32.3. The number of hydrogen-bond acceptors (Lipinski definition) is 6. The highest BCUT2D eigenvalue weighted by Gasteiger charge is 2.09. The van der Waals surface area contributed by atoms with E-state index in [1.165, 1.54) is 20.3 Å². The van der Waals surface area contributed by atoms with Crippen LogP contribution in [0.25, 0.3) is 0 Å². The van der Waals surface area contributed by atoms with Crippen molar-refractivity contribution >= 4 is 12.4 Å². The Morgan fingerprint density at radius 1 is 0.800 bits per heavy atom. The number of methoxy groups -OCH3 is 2. The number of aromatic hydroxyl groups is 3. The lowest BCUT2D eigenvalue weighted by molar-refractivity contribution is 0.350. The van der Waals surface area contributed by atoms with Crippen molar-refractivity contribution in [1.29, 1.82) is 0 Å². The van der Waals surface area contributed by atoms with Crippen LogP contribution in [0.2, 0.25) is 0 Å². The summed E-state index contributed by atoms with van der Waals surface area (Å²) in [6.45, 7) is 1.47. The van der Waals surface area contributed by atoms with Gasteiger partial charge in [-0.15, -0.1) is 12.4 Å². The van der Waals surface area contributed by atoms with Crippen molar-refractivity contribution in [2.75, 3.05) is 27.3 Å². The fraction of sp³-hybridized carbons (Fsp3) is 0.333. The van der Waals surface area contributed by atoms with E-state index in [-0.39, 0.29) is 35.4 Å². The van der Waals surface area contributed by atoms with E-state index in [0.717, 1.165) is 30.6 Å². The topological polar surface area (TPSA) is 91.2 Å². The van der Waals surface area contributed by atoms with Gasteiger partial charge in [0, 0.05) is 0 Å². The molecule has 0 saturated heterocycles. The Hall–Kier alpha value is -2.31. The molecular formula is C18H24ClNO5. The first-order valence-electron chi connectivity index (χ1n) is 7.70. The largest absolute Gasteiger partial charge is 0.504 e. The van der Waals surface area contributed by atoms with Crippen LogP contribution in [0.15, 0.2) is 30.3 Å². The molecule has 0 saturated carbocycles. The molecule has 0 heterocycles. The van der Waals surface area contributed by atoms with Gasteiger partial charge >= 0.3 is 0 Å². The molecule has 0 aliphatic rings. The minimum atomic E-state index is -0.242. The van der Waals surface area contributed by atoms with Gasteiger partial charge < -0.3 is 30.1 Å². The highest BCUT2D eigenvalue weighted by atomic mass is 35.5. The van der Waals surface area contributed by atoms with E-state index in [2.05, 4.69) is 5.32 Å². The zero-order chi connectivity index (χ0) is 17.5. The first-order chi connectivity index (χ1) is 11.5. The van der Waals surface area contributed by atoms with Gasteiger partial charge in [0.15, 0.2) is 23.0 Å². The van der Waals surface area contributed by atoms with Gasteiger partial charge in [0.2, 0.25) is 5.75 Å². The van der Waals surface area contributed by atoms with Gasteiger partial charge in [-0.3, -0.25) is 0 Å². The molecule has 2 aromatic carbocycles. The summed E-state index contributed by atoms with van der Waals surface area (Å²) in [4.78, 5) is 0. The van der Waals surface area contributed by atoms with E-state index < -0.39 is 0 Å². The van der Waals surface area contributed by atoms with E-state index >= 15 is 0 Å². The molecule has 138 valence electrons. The van der Waals surface area contributed by atoms with Crippen LogP contribution < -0.4 is 14.8 Å². The van der Waals surface area contributed by atoms with E-state index in [0.29, 0.717) is 12.2 Å². The van der Waals surface area contributed by atoms with E-state index in [9.17, 15) is 15.3 Å². The second-order valence-corrected chi connectivity index (χ2v) is 5.42. The number of benzene rings is 2. The molecule has 2 rings (SSSR count). The Morgan fingerprint density at radius 2 is 1.40 bits per heavy atom. The molecule has 0 aliphatic carbocycles. The highest BCUT2D eigenvalue weighted by molar-refractivity contribution is 5.85. The summed E-state index contributed by atoms with van der Waals surface area (Å²) in [6, 6.07) is 8.60. The Morgan fingerprint density at radius 3 is 2.00 bits per heavy atom. The van der Waals surface area contributed by atoms with Gasteiger partial charge in [0.05, 0.1) is 14.2 Å². The van der Waals surface area contributed by atoms with Crippen molar-refractivity contribution in [3.63, 3.8) is 0 Å². The van der Waals surface area contributed by atoms with Gasteiger partial charge in [-0.1, -0.05) is 6.07 Å². The quantitative estimate of drug-likeness (QED) is 0.422. The number of nitrogens with one attached hydrogen (secondary N) is 1. The van der Waals surface area contributed by atoms with Crippen molar-refractivity contribution in [3.05, 3.63) is 41.5 Å². The van der Waals surface area contributed by atoms with Gasteiger partial charge in [0.25, 0.3) is 0 Å². The van der Waals surface area contributed by atoms with Crippen molar-refractivity contribution in [1.82, 2.24) is 5.32 Å². The molecule has 0 amide bonds. The SMILES string of the molecule is COc1ccc(CCNCCc2cc(O)c(O)c(OC)c2)cc1O.Cl. The molecule has 0 atom stereocenters.